The van der Waals surface area contributed by atoms with Gasteiger partial charge in [0.05, 0.1) is 40.5 Å². The summed E-state index contributed by atoms with van der Waals surface area (Å²) in [5.41, 5.74) is 1.80. The van der Waals surface area contributed by atoms with Crippen LogP contribution in [0.3, 0.4) is 0 Å². The molecule has 5 rings (SSSR count). The molecule has 160 valence electrons. The van der Waals surface area contributed by atoms with Gasteiger partial charge in [-0.1, -0.05) is 5.16 Å². The maximum atomic E-state index is 13.2. The summed E-state index contributed by atoms with van der Waals surface area (Å²) in [7, 11) is -3.13. The van der Waals surface area contributed by atoms with Gasteiger partial charge in [-0.15, -0.1) is 0 Å². The van der Waals surface area contributed by atoms with Gasteiger partial charge in [0.1, 0.15) is 11.5 Å². The Morgan fingerprint density at radius 3 is 2.77 bits per heavy atom. The SMILES string of the molecule is Cc1cc(NC(=O)c2cc(-c3ccco3)nc3c2c(C)nn3C2CCS(=O)(=O)C2)no1. The molecule has 1 atom stereocenters. The highest BCUT2D eigenvalue weighted by molar-refractivity contribution is 7.91. The summed E-state index contributed by atoms with van der Waals surface area (Å²) in [6.45, 7) is 3.50. The van der Waals surface area contributed by atoms with E-state index in [4.69, 9.17) is 8.94 Å². The first-order chi connectivity index (χ1) is 14.8. The van der Waals surface area contributed by atoms with E-state index in [1.54, 1.807) is 42.8 Å². The summed E-state index contributed by atoms with van der Waals surface area (Å²) in [6.07, 6.45) is 1.97. The number of carbonyl (C=O) groups is 1. The Bertz CT molecular complexity index is 1400. The van der Waals surface area contributed by atoms with Gasteiger partial charge in [0.2, 0.25) is 0 Å². The van der Waals surface area contributed by atoms with Gasteiger partial charge in [-0.2, -0.15) is 5.10 Å². The van der Waals surface area contributed by atoms with Gasteiger partial charge in [-0.05, 0) is 38.5 Å². The quantitative estimate of drug-likeness (QED) is 0.511. The highest BCUT2D eigenvalue weighted by Gasteiger charge is 2.32. The number of sulfone groups is 1. The average Bonchev–Trinajstić information content (AvgIpc) is 3.50. The van der Waals surface area contributed by atoms with Crippen molar-refractivity contribution in [3.05, 3.63) is 47.5 Å². The second kappa shape index (κ2) is 7.05. The minimum Gasteiger partial charge on any atom is -0.463 e. The Hall–Kier alpha value is -3.47. The number of aromatic nitrogens is 4. The lowest BCUT2D eigenvalue weighted by atomic mass is 10.1. The van der Waals surface area contributed by atoms with Crippen molar-refractivity contribution >= 4 is 32.6 Å². The third kappa shape index (κ3) is 3.50. The predicted molar refractivity (Wildman–Crippen MR) is 111 cm³/mol. The molecular weight excluding hydrogens is 422 g/mol. The molecule has 1 N–H and O–H groups in total. The number of pyridine rings is 1. The molecule has 0 aliphatic carbocycles. The van der Waals surface area contributed by atoms with E-state index in [1.165, 1.54) is 6.26 Å². The minimum absolute atomic E-state index is 0.00434. The number of anilines is 1. The average molecular weight is 441 g/mol. The highest BCUT2D eigenvalue weighted by atomic mass is 32.2. The molecule has 0 aromatic carbocycles. The summed E-state index contributed by atoms with van der Waals surface area (Å²) in [5, 5.41) is 11.7. The predicted octanol–water partition coefficient (Wildman–Crippen LogP) is 2.91. The fourth-order valence-electron chi connectivity index (χ4n) is 3.87. The van der Waals surface area contributed by atoms with Crippen LogP contribution in [0.5, 0.6) is 0 Å². The zero-order valence-corrected chi connectivity index (χ0v) is 17.6. The van der Waals surface area contributed by atoms with Crippen LogP contribution in [0.1, 0.15) is 34.3 Å². The summed E-state index contributed by atoms with van der Waals surface area (Å²) in [6, 6.07) is 6.38. The van der Waals surface area contributed by atoms with Crippen molar-refractivity contribution in [2.24, 2.45) is 0 Å². The van der Waals surface area contributed by atoms with Gasteiger partial charge in [-0.25, -0.2) is 18.1 Å². The number of rotatable bonds is 4. The molecule has 0 saturated carbocycles. The molecule has 5 heterocycles. The molecule has 10 nitrogen and oxygen atoms in total. The van der Waals surface area contributed by atoms with Crippen LogP contribution < -0.4 is 5.32 Å². The van der Waals surface area contributed by atoms with Crippen LogP contribution in [-0.4, -0.2) is 45.8 Å². The molecule has 0 bridgehead atoms. The summed E-state index contributed by atoms with van der Waals surface area (Å²) >= 11 is 0. The first-order valence-electron chi connectivity index (χ1n) is 9.69. The van der Waals surface area contributed by atoms with Crippen LogP contribution in [0.25, 0.3) is 22.5 Å². The maximum absolute atomic E-state index is 13.2. The van der Waals surface area contributed by atoms with Crippen molar-refractivity contribution in [2.45, 2.75) is 26.3 Å². The lowest BCUT2D eigenvalue weighted by Crippen LogP contribution is -2.15. The van der Waals surface area contributed by atoms with Crippen molar-refractivity contribution < 1.29 is 22.2 Å². The van der Waals surface area contributed by atoms with E-state index in [-0.39, 0.29) is 17.5 Å². The Kier molecular flexibility index (Phi) is 4.43. The number of nitrogens with one attached hydrogen (secondary N) is 1. The number of nitrogens with zero attached hydrogens (tertiary/aromatic N) is 4. The van der Waals surface area contributed by atoms with Gasteiger partial charge in [-0.3, -0.25) is 4.79 Å². The normalized spacial score (nSPS) is 17.9. The topological polar surface area (TPSA) is 133 Å². The zero-order chi connectivity index (χ0) is 21.8. The number of hydrogen-bond donors (Lipinski definition) is 1. The van der Waals surface area contributed by atoms with Gasteiger partial charge in [0, 0.05) is 6.07 Å². The van der Waals surface area contributed by atoms with E-state index in [0.29, 0.717) is 51.7 Å². The molecule has 11 heteroatoms. The van der Waals surface area contributed by atoms with Crippen LogP contribution in [0.4, 0.5) is 5.82 Å². The molecule has 0 spiro atoms. The van der Waals surface area contributed by atoms with Crippen molar-refractivity contribution in [1.82, 2.24) is 19.9 Å². The molecule has 0 radical (unpaired) electrons. The standard InChI is InChI=1S/C20H19N5O5S/c1-11-8-17(24-30-11)22-20(26)14-9-15(16-4-3-6-29-16)21-19-18(14)12(2)23-25(19)13-5-7-31(27,28)10-13/h3-4,6,8-9,13H,5,7,10H2,1-2H3,(H,22,24,26). The van der Waals surface area contributed by atoms with Gasteiger partial charge in [0.15, 0.2) is 27.1 Å². The molecule has 1 saturated heterocycles. The number of fused-ring (bicyclic) bond motifs is 1. The van der Waals surface area contributed by atoms with Gasteiger partial charge >= 0.3 is 0 Å². The van der Waals surface area contributed by atoms with Crippen LogP contribution in [0, 0.1) is 13.8 Å². The third-order valence-electron chi connectivity index (χ3n) is 5.28. The Morgan fingerprint density at radius 1 is 1.29 bits per heavy atom. The smallest absolute Gasteiger partial charge is 0.257 e. The van der Waals surface area contributed by atoms with Crippen LogP contribution >= 0.6 is 0 Å². The molecular formula is C20H19N5O5S. The first kappa shape index (κ1) is 19.5. The van der Waals surface area contributed by atoms with E-state index < -0.39 is 15.7 Å². The summed E-state index contributed by atoms with van der Waals surface area (Å²) < 4.78 is 36.2. The lowest BCUT2D eigenvalue weighted by molar-refractivity contribution is 0.102. The van der Waals surface area contributed by atoms with Crippen molar-refractivity contribution in [1.29, 1.82) is 0 Å². The highest BCUT2D eigenvalue weighted by Crippen LogP contribution is 2.32. The molecule has 4 aromatic heterocycles. The zero-order valence-electron chi connectivity index (χ0n) is 16.8. The number of aryl methyl sites for hydroxylation is 2. The molecule has 1 amide bonds. The number of hydrogen-bond acceptors (Lipinski definition) is 8. The molecule has 31 heavy (non-hydrogen) atoms. The molecule has 1 fully saturated rings. The Morgan fingerprint density at radius 2 is 2.13 bits per heavy atom. The Balaban J connectivity index is 1.67. The van der Waals surface area contributed by atoms with Crippen molar-refractivity contribution in [2.75, 3.05) is 16.8 Å². The van der Waals surface area contributed by atoms with Crippen LogP contribution in [-0.2, 0) is 9.84 Å². The van der Waals surface area contributed by atoms with Gasteiger partial charge in [0.25, 0.3) is 5.91 Å². The molecule has 4 aromatic rings. The van der Waals surface area contributed by atoms with E-state index >= 15 is 0 Å². The first-order valence-corrected chi connectivity index (χ1v) is 11.5. The summed E-state index contributed by atoms with van der Waals surface area (Å²) in [5.74, 6) is 1.04. The van der Waals surface area contributed by atoms with Crippen molar-refractivity contribution in [3.63, 3.8) is 0 Å². The largest absolute Gasteiger partial charge is 0.463 e. The maximum Gasteiger partial charge on any atom is 0.257 e. The Labute approximate surface area is 177 Å². The van der Waals surface area contributed by atoms with E-state index in [9.17, 15) is 13.2 Å². The fourth-order valence-corrected chi connectivity index (χ4v) is 5.57. The number of carbonyl (C=O) groups excluding carboxylic acids is 1. The second-order valence-corrected chi connectivity index (χ2v) is 9.82. The fraction of sp³-hybridized carbons (Fsp3) is 0.300. The minimum atomic E-state index is -3.13. The van der Waals surface area contributed by atoms with Crippen LogP contribution in [0.15, 0.2) is 39.5 Å². The van der Waals surface area contributed by atoms with Crippen LogP contribution in [0.2, 0.25) is 0 Å². The van der Waals surface area contributed by atoms with Gasteiger partial charge < -0.3 is 14.3 Å². The second-order valence-electron chi connectivity index (χ2n) is 7.59. The number of amides is 1. The lowest BCUT2D eigenvalue weighted by Gasteiger charge is -2.11. The molecule has 1 aliphatic heterocycles. The molecule has 1 unspecified atom stereocenters. The van der Waals surface area contributed by atoms with Crippen molar-refractivity contribution in [3.8, 4) is 11.5 Å². The third-order valence-corrected chi connectivity index (χ3v) is 7.03. The molecule has 1 aliphatic rings. The van der Waals surface area contributed by atoms with E-state index in [1.807, 2.05) is 0 Å². The van der Waals surface area contributed by atoms with E-state index in [2.05, 4.69) is 20.6 Å². The number of furan rings is 1. The summed E-state index contributed by atoms with van der Waals surface area (Å²) in [4.78, 5) is 17.8. The monoisotopic (exact) mass is 441 g/mol. The van der Waals surface area contributed by atoms with E-state index in [0.717, 1.165) is 0 Å².